The number of benzene rings is 3. The van der Waals surface area contributed by atoms with E-state index in [2.05, 4.69) is 119 Å². The predicted molar refractivity (Wildman–Crippen MR) is 144 cm³/mol. The molecule has 3 aromatic rings. The first-order valence-corrected chi connectivity index (χ1v) is 12.7. The van der Waals surface area contributed by atoms with Gasteiger partial charge < -0.3 is 9.31 Å². The molecule has 3 nitrogen and oxygen atoms in total. The van der Waals surface area contributed by atoms with E-state index in [-0.39, 0.29) is 5.92 Å². The van der Waals surface area contributed by atoms with Crippen molar-refractivity contribution in [3.8, 4) is 6.07 Å². The van der Waals surface area contributed by atoms with Crippen molar-refractivity contribution >= 4 is 7.12 Å². The third-order valence-corrected chi connectivity index (χ3v) is 8.62. The van der Waals surface area contributed by atoms with Crippen LogP contribution in [0, 0.1) is 11.3 Å². The number of hydrogen-bond acceptors (Lipinski definition) is 3. The van der Waals surface area contributed by atoms with E-state index < -0.39 is 23.7 Å². The Balaban J connectivity index is 1.61. The van der Waals surface area contributed by atoms with Gasteiger partial charge in [0, 0.05) is 5.92 Å². The molecule has 6 rings (SSSR count). The Bertz CT molecular complexity index is 1370. The van der Waals surface area contributed by atoms with Crippen LogP contribution in [0.5, 0.6) is 0 Å². The number of allylic oxidation sites excluding steroid dienone is 4. The number of nitriles is 1. The average molecular weight is 471 g/mol. The zero-order chi connectivity index (χ0) is 25.1. The normalized spacial score (nSPS) is 22.8. The second-order valence-electron chi connectivity index (χ2n) is 11.1. The average Bonchev–Trinajstić information content (AvgIpc) is 3.30. The molecule has 1 heterocycles. The van der Waals surface area contributed by atoms with Gasteiger partial charge in [-0.1, -0.05) is 78.9 Å². The number of fused-ring (bicyclic) bond motifs is 3. The smallest absolute Gasteiger partial charge is 0.399 e. The highest BCUT2D eigenvalue weighted by Gasteiger charge is 2.55. The van der Waals surface area contributed by atoms with Crippen LogP contribution in [0.15, 0.2) is 102 Å². The lowest BCUT2D eigenvalue weighted by molar-refractivity contribution is 0.00578. The van der Waals surface area contributed by atoms with Crippen LogP contribution >= 0.6 is 0 Å². The zero-order valence-electron chi connectivity index (χ0n) is 21.3. The van der Waals surface area contributed by atoms with E-state index in [1.165, 1.54) is 27.8 Å². The lowest BCUT2D eigenvalue weighted by Gasteiger charge is -2.36. The molecule has 0 saturated carbocycles. The maximum Gasteiger partial charge on any atom is 0.494 e. The van der Waals surface area contributed by atoms with Crippen LogP contribution in [0.25, 0.3) is 0 Å². The van der Waals surface area contributed by atoms with E-state index in [4.69, 9.17) is 9.31 Å². The summed E-state index contributed by atoms with van der Waals surface area (Å²) in [5.41, 5.74) is 6.67. The number of nitrogens with zero attached hydrogens (tertiary/aromatic N) is 1. The second kappa shape index (κ2) is 8.06. The molecule has 1 saturated heterocycles. The summed E-state index contributed by atoms with van der Waals surface area (Å²) in [6, 6.07) is 30.0. The Labute approximate surface area is 214 Å². The van der Waals surface area contributed by atoms with Gasteiger partial charge in [0.2, 0.25) is 0 Å². The molecule has 4 heteroatoms. The van der Waals surface area contributed by atoms with Crippen molar-refractivity contribution < 1.29 is 9.31 Å². The molecular formula is C32H30BNO2. The summed E-state index contributed by atoms with van der Waals surface area (Å²) in [5, 5.41) is 9.81. The third-order valence-electron chi connectivity index (χ3n) is 8.62. The Morgan fingerprint density at radius 3 is 1.97 bits per heavy atom. The fourth-order valence-corrected chi connectivity index (χ4v) is 6.12. The van der Waals surface area contributed by atoms with Gasteiger partial charge in [0.15, 0.2) is 0 Å². The standard InChI is InChI=1S/C32H30BNO2/c1-30(2)31(3,4)36-33(35-30)25-16-18-27-26-17-15-22(21-34)19-28(26)32(29(27)20-25,23-11-7-5-8-12-23)24-13-9-6-10-14-24/h5-17,19-20,27H,18H2,1-4H3. The van der Waals surface area contributed by atoms with Crippen molar-refractivity contribution in [1.82, 2.24) is 0 Å². The van der Waals surface area contributed by atoms with E-state index in [1.807, 2.05) is 6.07 Å². The lowest BCUT2D eigenvalue weighted by atomic mass is 9.63. The number of rotatable bonds is 3. The molecule has 3 aromatic carbocycles. The van der Waals surface area contributed by atoms with Crippen molar-refractivity contribution in [3.63, 3.8) is 0 Å². The number of hydrogen-bond donors (Lipinski definition) is 0. The fraction of sp³-hybridized carbons (Fsp3) is 0.281. The molecule has 1 unspecified atom stereocenters. The topological polar surface area (TPSA) is 42.2 Å². The van der Waals surface area contributed by atoms with E-state index in [0.717, 1.165) is 11.9 Å². The Hall–Kier alpha value is -3.39. The molecule has 0 spiro atoms. The molecule has 0 amide bonds. The molecule has 3 aliphatic rings. The molecule has 0 radical (unpaired) electrons. The van der Waals surface area contributed by atoms with Crippen LogP contribution in [0.2, 0.25) is 0 Å². The summed E-state index contributed by atoms with van der Waals surface area (Å²) in [5.74, 6) is 0.222. The lowest BCUT2D eigenvalue weighted by Crippen LogP contribution is -2.41. The molecule has 0 bridgehead atoms. The highest BCUT2D eigenvalue weighted by atomic mass is 16.7. The highest BCUT2D eigenvalue weighted by Crippen LogP contribution is 2.60. The zero-order valence-corrected chi connectivity index (χ0v) is 21.3. The molecule has 0 aromatic heterocycles. The summed E-state index contributed by atoms with van der Waals surface area (Å²) in [4.78, 5) is 0. The summed E-state index contributed by atoms with van der Waals surface area (Å²) < 4.78 is 12.9. The van der Waals surface area contributed by atoms with Gasteiger partial charge in [0.1, 0.15) is 0 Å². The third kappa shape index (κ3) is 3.20. The SMILES string of the molecule is CC1(C)OB(C2=CCC3C(=C2)C(c2ccccc2)(c2ccccc2)c2cc(C#N)ccc23)OC1(C)C. The fourth-order valence-electron chi connectivity index (χ4n) is 6.12. The highest BCUT2D eigenvalue weighted by molar-refractivity contribution is 6.55. The maximum atomic E-state index is 9.81. The van der Waals surface area contributed by atoms with Gasteiger partial charge in [-0.25, -0.2) is 0 Å². The van der Waals surface area contributed by atoms with Crippen LogP contribution in [0.4, 0.5) is 0 Å². The van der Waals surface area contributed by atoms with Crippen molar-refractivity contribution in [3.05, 3.63) is 130 Å². The van der Waals surface area contributed by atoms with E-state index in [0.29, 0.717) is 5.56 Å². The van der Waals surface area contributed by atoms with Crippen molar-refractivity contribution in [2.24, 2.45) is 0 Å². The minimum absolute atomic E-state index is 0.222. The first-order chi connectivity index (χ1) is 17.3. The van der Waals surface area contributed by atoms with Crippen LogP contribution in [-0.2, 0) is 14.7 Å². The van der Waals surface area contributed by atoms with Crippen LogP contribution < -0.4 is 0 Å². The first-order valence-electron chi connectivity index (χ1n) is 12.7. The monoisotopic (exact) mass is 471 g/mol. The molecule has 36 heavy (non-hydrogen) atoms. The summed E-state index contributed by atoms with van der Waals surface area (Å²) in [6.07, 6.45) is 5.47. The Morgan fingerprint density at radius 2 is 1.42 bits per heavy atom. The predicted octanol–water partition coefficient (Wildman–Crippen LogP) is 6.88. The minimum atomic E-state index is -0.501. The van der Waals surface area contributed by atoms with E-state index >= 15 is 0 Å². The molecule has 1 fully saturated rings. The van der Waals surface area contributed by atoms with Gasteiger partial charge in [0.25, 0.3) is 0 Å². The van der Waals surface area contributed by atoms with E-state index in [1.54, 1.807) is 0 Å². The van der Waals surface area contributed by atoms with Crippen molar-refractivity contribution in [1.29, 1.82) is 5.26 Å². The summed E-state index contributed by atoms with van der Waals surface area (Å²) >= 11 is 0. The van der Waals surface area contributed by atoms with Gasteiger partial charge in [0.05, 0.1) is 28.2 Å². The van der Waals surface area contributed by atoms with Crippen LogP contribution in [0.3, 0.4) is 0 Å². The van der Waals surface area contributed by atoms with Crippen molar-refractivity contribution in [2.45, 2.75) is 56.7 Å². The largest absolute Gasteiger partial charge is 0.494 e. The van der Waals surface area contributed by atoms with Crippen LogP contribution in [0.1, 0.15) is 67.9 Å². The molecule has 178 valence electrons. The second-order valence-corrected chi connectivity index (χ2v) is 11.1. The summed E-state index contributed by atoms with van der Waals surface area (Å²) in [6.45, 7) is 8.39. The molecule has 0 N–H and O–H groups in total. The van der Waals surface area contributed by atoms with Gasteiger partial charge >= 0.3 is 7.12 Å². The minimum Gasteiger partial charge on any atom is -0.399 e. The maximum absolute atomic E-state index is 9.81. The molecule has 1 aliphatic heterocycles. The van der Waals surface area contributed by atoms with Crippen molar-refractivity contribution in [2.75, 3.05) is 0 Å². The van der Waals surface area contributed by atoms with Crippen LogP contribution in [-0.4, -0.2) is 18.3 Å². The first kappa shape index (κ1) is 23.0. The van der Waals surface area contributed by atoms with Gasteiger partial charge in [-0.15, -0.1) is 0 Å². The molecule has 1 atom stereocenters. The van der Waals surface area contributed by atoms with Gasteiger partial charge in [-0.2, -0.15) is 5.26 Å². The Kier molecular flexibility index (Phi) is 5.16. The summed E-state index contributed by atoms with van der Waals surface area (Å²) in [7, 11) is -0.411. The van der Waals surface area contributed by atoms with E-state index in [9.17, 15) is 5.26 Å². The molecule has 2 aliphatic carbocycles. The Morgan fingerprint density at radius 1 is 0.833 bits per heavy atom. The van der Waals surface area contributed by atoms with Gasteiger partial charge in [-0.3, -0.25) is 0 Å². The quantitative estimate of drug-likeness (QED) is 0.391. The molecular weight excluding hydrogens is 441 g/mol. The van der Waals surface area contributed by atoms with Gasteiger partial charge in [-0.05, 0) is 79.5 Å².